The van der Waals surface area contributed by atoms with Gasteiger partial charge in [0.2, 0.25) is 0 Å². The van der Waals surface area contributed by atoms with E-state index < -0.39 is 0 Å². The molecule has 0 N–H and O–H groups in total. The number of rotatable bonds is 7. The minimum Gasteiger partial charge on any atom is -0.460 e. The monoisotopic (exact) mass is 266 g/mol. The van der Waals surface area contributed by atoms with Gasteiger partial charge in [0.15, 0.2) is 0 Å². The fraction of sp³-hybridized carbons (Fsp3) is 0.500. The first kappa shape index (κ1) is 15.1. The van der Waals surface area contributed by atoms with Crippen LogP contribution in [0.5, 0.6) is 5.75 Å². The molecule has 0 spiro atoms. The maximum absolute atomic E-state index is 5.97. The van der Waals surface area contributed by atoms with Crippen molar-refractivity contribution in [1.82, 2.24) is 0 Å². The summed E-state index contributed by atoms with van der Waals surface area (Å²) in [6.07, 6.45) is 4.51. The molecule has 18 heavy (non-hydrogen) atoms. The molecule has 0 amide bonds. The van der Waals surface area contributed by atoms with Crippen molar-refractivity contribution < 1.29 is 4.74 Å². The molecule has 0 saturated heterocycles. The molecule has 0 saturated carbocycles. The third-order valence-corrected chi connectivity index (χ3v) is 3.73. The van der Waals surface area contributed by atoms with Gasteiger partial charge in [0.25, 0.3) is 0 Å². The maximum atomic E-state index is 5.97. The van der Waals surface area contributed by atoms with Gasteiger partial charge in [-0.05, 0) is 25.0 Å². The van der Waals surface area contributed by atoms with Crippen LogP contribution < -0.4 is 4.74 Å². The van der Waals surface area contributed by atoms with Gasteiger partial charge in [0.05, 0.1) is 0 Å². The van der Waals surface area contributed by atoms with Gasteiger partial charge < -0.3 is 4.74 Å². The van der Waals surface area contributed by atoms with Gasteiger partial charge in [-0.3, -0.25) is 0 Å². The Kier molecular flexibility index (Phi) is 6.28. The molecule has 1 unspecified atom stereocenters. The summed E-state index contributed by atoms with van der Waals surface area (Å²) < 4.78 is 5.95. The van der Waals surface area contributed by atoms with Gasteiger partial charge in [-0.2, -0.15) is 0 Å². The molecule has 1 aromatic carbocycles. The summed E-state index contributed by atoms with van der Waals surface area (Å²) in [5, 5.41) is 0. The van der Waals surface area contributed by atoms with Crippen LogP contribution in [0, 0.1) is 5.41 Å². The second-order valence-electron chi connectivity index (χ2n) is 4.91. The Labute approximate surface area is 116 Å². The smallest absolute Gasteiger partial charge is 0.127 e. The van der Waals surface area contributed by atoms with Crippen molar-refractivity contribution in [1.29, 1.82) is 0 Å². The molecule has 0 radical (unpaired) electrons. The lowest BCUT2D eigenvalue weighted by molar-refractivity contribution is 0.226. The van der Waals surface area contributed by atoms with Crippen LogP contribution in [0.25, 0.3) is 0 Å². The highest BCUT2D eigenvalue weighted by Crippen LogP contribution is 2.37. The molecule has 0 heterocycles. The Morgan fingerprint density at radius 2 is 1.94 bits per heavy atom. The number of unbranched alkanes of at least 4 members (excludes halogenated alkanes) is 1. The number of hydrogen-bond acceptors (Lipinski definition) is 1. The molecular weight excluding hydrogens is 244 g/mol. The summed E-state index contributed by atoms with van der Waals surface area (Å²) in [5.41, 5.74) is 1.61. The van der Waals surface area contributed by atoms with Crippen LogP contribution in [-0.4, -0.2) is 0 Å². The third kappa shape index (κ3) is 4.06. The SMILES string of the molecule is CCCCC(C)(CC)C(=CCl)Oc1ccccc1. The Morgan fingerprint density at radius 1 is 1.28 bits per heavy atom. The van der Waals surface area contributed by atoms with Crippen molar-refractivity contribution in [3.8, 4) is 5.75 Å². The molecule has 1 rings (SSSR count). The van der Waals surface area contributed by atoms with Crippen molar-refractivity contribution in [3.05, 3.63) is 41.6 Å². The molecule has 1 nitrogen and oxygen atoms in total. The summed E-state index contributed by atoms with van der Waals surface area (Å²) in [4.78, 5) is 0. The third-order valence-electron chi connectivity index (χ3n) is 3.53. The quantitative estimate of drug-likeness (QED) is 0.571. The molecule has 0 aliphatic heterocycles. The molecule has 0 bridgehead atoms. The van der Waals surface area contributed by atoms with Crippen molar-refractivity contribution in [2.45, 2.75) is 46.5 Å². The van der Waals surface area contributed by atoms with Crippen molar-refractivity contribution in [2.75, 3.05) is 0 Å². The molecule has 1 aromatic rings. The first-order valence-corrected chi connectivity index (χ1v) is 7.13. The van der Waals surface area contributed by atoms with Gasteiger partial charge >= 0.3 is 0 Å². The molecule has 0 aromatic heterocycles. The highest BCUT2D eigenvalue weighted by molar-refractivity contribution is 6.25. The minimum atomic E-state index is 0.0214. The summed E-state index contributed by atoms with van der Waals surface area (Å²) in [6, 6.07) is 9.83. The number of hydrogen-bond donors (Lipinski definition) is 0. The first-order chi connectivity index (χ1) is 8.66. The highest BCUT2D eigenvalue weighted by atomic mass is 35.5. The van der Waals surface area contributed by atoms with Crippen molar-refractivity contribution in [3.63, 3.8) is 0 Å². The molecule has 0 aliphatic rings. The lowest BCUT2D eigenvalue weighted by atomic mass is 9.81. The Morgan fingerprint density at radius 3 is 2.44 bits per heavy atom. The molecular formula is C16H23ClO. The number of ether oxygens (including phenoxy) is 1. The van der Waals surface area contributed by atoms with E-state index in [-0.39, 0.29) is 5.41 Å². The van der Waals surface area contributed by atoms with Gasteiger partial charge in [-0.15, -0.1) is 0 Å². The predicted molar refractivity (Wildman–Crippen MR) is 78.9 cm³/mol. The zero-order valence-corrected chi connectivity index (χ0v) is 12.3. The van der Waals surface area contributed by atoms with Crippen LogP contribution in [0.1, 0.15) is 46.5 Å². The van der Waals surface area contributed by atoms with E-state index >= 15 is 0 Å². The zero-order valence-electron chi connectivity index (χ0n) is 11.6. The fourth-order valence-electron chi connectivity index (χ4n) is 1.93. The summed E-state index contributed by atoms with van der Waals surface area (Å²) in [5.74, 6) is 1.71. The van der Waals surface area contributed by atoms with E-state index in [0.29, 0.717) is 0 Å². The molecule has 0 fully saturated rings. The minimum absolute atomic E-state index is 0.0214. The Balaban J connectivity index is 2.81. The summed E-state index contributed by atoms with van der Waals surface area (Å²) in [7, 11) is 0. The normalized spacial score (nSPS) is 15.2. The van der Waals surface area contributed by atoms with Crippen LogP contribution in [0.2, 0.25) is 0 Å². The van der Waals surface area contributed by atoms with Crippen LogP contribution in [0.3, 0.4) is 0 Å². The average molecular weight is 267 g/mol. The highest BCUT2D eigenvalue weighted by Gasteiger charge is 2.28. The van der Waals surface area contributed by atoms with Crippen LogP contribution in [0.4, 0.5) is 0 Å². The summed E-state index contributed by atoms with van der Waals surface area (Å²) in [6.45, 7) is 6.61. The molecule has 100 valence electrons. The first-order valence-electron chi connectivity index (χ1n) is 6.70. The second-order valence-corrected chi connectivity index (χ2v) is 5.12. The lowest BCUT2D eigenvalue weighted by Gasteiger charge is -2.30. The van der Waals surface area contributed by atoms with Crippen LogP contribution >= 0.6 is 11.6 Å². The number of halogens is 1. The number of allylic oxidation sites excluding steroid dienone is 1. The van der Waals surface area contributed by atoms with Crippen LogP contribution in [0.15, 0.2) is 41.6 Å². The van der Waals surface area contributed by atoms with E-state index in [1.54, 1.807) is 5.54 Å². The van der Waals surface area contributed by atoms with E-state index in [2.05, 4.69) is 20.8 Å². The number of para-hydroxylation sites is 1. The molecule has 2 heteroatoms. The van der Waals surface area contributed by atoms with Gasteiger partial charge in [0.1, 0.15) is 11.5 Å². The van der Waals surface area contributed by atoms with Crippen LogP contribution in [-0.2, 0) is 0 Å². The predicted octanol–water partition coefficient (Wildman–Crippen LogP) is 5.75. The summed E-state index contributed by atoms with van der Waals surface area (Å²) >= 11 is 5.97. The zero-order chi connectivity index (χ0) is 13.4. The van der Waals surface area contributed by atoms with Gasteiger partial charge in [0, 0.05) is 11.0 Å². The fourth-order valence-corrected chi connectivity index (χ4v) is 2.24. The maximum Gasteiger partial charge on any atom is 0.127 e. The largest absolute Gasteiger partial charge is 0.460 e. The average Bonchev–Trinajstić information content (AvgIpc) is 2.43. The lowest BCUT2D eigenvalue weighted by Crippen LogP contribution is -2.22. The van der Waals surface area contributed by atoms with E-state index in [0.717, 1.165) is 24.4 Å². The molecule has 0 aliphatic carbocycles. The van der Waals surface area contributed by atoms with Gasteiger partial charge in [-0.1, -0.05) is 63.4 Å². The van der Waals surface area contributed by atoms with E-state index in [4.69, 9.17) is 16.3 Å². The van der Waals surface area contributed by atoms with E-state index in [9.17, 15) is 0 Å². The second kappa shape index (κ2) is 7.48. The Bertz CT molecular complexity index is 372. The van der Waals surface area contributed by atoms with Gasteiger partial charge in [-0.25, -0.2) is 0 Å². The van der Waals surface area contributed by atoms with E-state index in [1.165, 1.54) is 12.8 Å². The van der Waals surface area contributed by atoms with Crippen molar-refractivity contribution >= 4 is 11.6 Å². The number of benzene rings is 1. The van der Waals surface area contributed by atoms with E-state index in [1.807, 2.05) is 30.3 Å². The Hall–Kier alpha value is -0.950. The van der Waals surface area contributed by atoms with Crippen molar-refractivity contribution in [2.24, 2.45) is 5.41 Å². The topological polar surface area (TPSA) is 9.23 Å². The standard InChI is InChI=1S/C16H23ClO/c1-4-6-12-16(3,5-2)15(13-17)18-14-10-8-7-9-11-14/h7-11,13H,4-6,12H2,1-3H3. The molecule has 1 atom stereocenters.